The molecule has 1 saturated heterocycles. The van der Waals surface area contributed by atoms with E-state index in [9.17, 15) is 0 Å². The lowest BCUT2D eigenvalue weighted by Gasteiger charge is -2.35. The second kappa shape index (κ2) is 4.98. The quantitative estimate of drug-likeness (QED) is 0.842. The molecule has 88 valence electrons. The minimum Gasteiger partial charge on any atom is -0.378 e. The maximum atomic E-state index is 5.54. The van der Waals surface area contributed by atoms with Gasteiger partial charge in [-0.25, -0.2) is 0 Å². The summed E-state index contributed by atoms with van der Waals surface area (Å²) in [5.41, 5.74) is 3.00. The molecule has 1 aromatic rings. The van der Waals surface area contributed by atoms with Crippen LogP contribution in [0, 0.1) is 6.92 Å². The number of hydrogen-bond acceptors (Lipinski definition) is 2. The number of hydrogen-bond donors (Lipinski definition) is 1. The number of rotatable bonds is 3. The largest absolute Gasteiger partial charge is 0.378 e. The van der Waals surface area contributed by atoms with Crippen LogP contribution in [0.1, 0.15) is 24.5 Å². The SMILES string of the molecule is Cc1ccccc1CCC1(C)COCCN1. The van der Waals surface area contributed by atoms with Crippen molar-refractivity contribution in [3.63, 3.8) is 0 Å². The molecule has 0 spiro atoms. The predicted octanol–water partition coefficient (Wildman–Crippen LogP) is 2.31. The summed E-state index contributed by atoms with van der Waals surface area (Å²) >= 11 is 0. The van der Waals surface area contributed by atoms with Gasteiger partial charge in [-0.3, -0.25) is 0 Å². The van der Waals surface area contributed by atoms with Crippen molar-refractivity contribution in [1.82, 2.24) is 5.32 Å². The van der Waals surface area contributed by atoms with Crippen molar-refractivity contribution in [2.45, 2.75) is 32.2 Å². The first-order chi connectivity index (χ1) is 7.70. The molecule has 0 aliphatic carbocycles. The number of benzene rings is 1. The van der Waals surface area contributed by atoms with Crippen molar-refractivity contribution < 1.29 is 4.74 Å². The molecule has 1 aliphatic heterocycles. The smallest absolute Gasteiger partial charge is 0.0646 e. The van der Waals surface area contributed by atoms with Crippen LogP contribution in [0.15, 0.2) is 24.3 Å². The summed E-state index contributed by atoms with van der Waals surface area (Å²) < 4.78 is 5.54. The van der Waals surface area contributed by atoms with Gasteiger partial charge in [-0.15, -0.1) is 0 Å². The summed E-state index contributed by atoms with van der Waals surface area (Å²) in [6.07, 6.45) is 2.26. The molecule has 1 atom stereocenters. The maximum Gasteiger partial charge on any atom is 0.0646 e. The molecular weight excluding hydrogens is 198 g/mol. The Morgan fingerprint density at radius 3 is 2.88 bits per heavy atom. The lowest BCUT2D eigenvalue weighted by Crippen LogP contribution is -2.52. The highest BCUT2D eigenvalue weighted by atomic mass is 16.5. The van der Waals surface area contributed by atoms with Crippen LogP contribution in [0.4, 0.5) is 0 Å². The van der Waals surface area contributed by atoms with Crippen molar-refractivity contribution in [2.75, 3.05) is 19.8 Å². The number of ether oxygens (including phenoxy) is 1. The Hall–Kier alpha value is -0.860. The van der Waals surface area contributed by atoms with Gasteiger partial charge in [-0.1, -0.05) is 24.3 Å². The summed E-state index contributed by atoms with van der Waals surface area (Å²) in [5, 5.41) is 3.56. The summed E-state index contributed by atoms with van der Waals surface area (Å²) in [7, 11) is 0. The lowest BCUT2D eigenvalue weighted by atomic mass is 9.92. The van der Waals surface area contributed by atoms with Crippen molar-refractivity contribution in [2.24, 2.45) is 0 Å². The third-order valence-corrected chi connectivity index (χ3v) is 3.43. The zero-order chi connectivity index (χ0) is 11.4. The topological polar surface area (TPSA) is 21.3 Å². The van der Waals surface area contributed by atoms with Crippen molar-refractivity contribution in [3.05, 3.63) is 35.4 Å². The van der Waals surface area contributed by atoms with Crippen molar-refractivity contribution in [1.29, 1.82) is 0 Å². The molecule has 16 heavy (non-hydrogen) atoms. The fraction of sp³-hybridized carbons (Fsp3) is 0.571. The summed E-state index contributed by atoms with van der Waals surface area (Å²) in [6.45, 7) is 7.09. The Bertz CT molecular complexity index is 342. The van der Waals surface area contributed by atoms with Gasteiger partial charge in [-0.2, -0.15) is 0 Å². The molecule has 1 aromatic carbocycles. The standard InChI is InChI=1S/C14H21NO/c1-12-5-3-4-6-13(12)7-8-14(2)11-16-10-9-15-14/h3-6,15H,7-11H2,1-2H3. The minimum absolute atomic E-state index is 0.153. The lowest BCUT2D eigenvalue weighted by molar-refractivity contribution is 0.0318. The Morgan fingerprint density at radius 2 is 2.19 bits per heavy atom. The second-order valence-corrected chi connectivity index (χ2v) is 4.97. The van der Waals surface area contributed by atoms with Crippen molar-refractivity contribution >= 4 is 0 Å². The molecule has 0 amide bonds. The zero-order valence-electron chi connectivity index (χ0n) is 10.3. The van der Waals surface area contributed by atoms with Crippen LogP contribution in [-0.4, -0.2) is 25.3 Å². The van der Waals surface area contributed by atoms with E-state index in [-0.39, 0.29) is 5.54 Å². The van der Waals surface area contributed by atoms with E-state index in [2.05, 4.69) is 43.4 Å². The fourth-order valence-corrected chi connectivity index (χ4v) is 2.24. The van der Waals surface area contributed by atoms with Gasteiger partial charge in [0, 0.05) is 12.1 Å². The highest BCUT2D eigenvalue weighted by Gasteiger charge is 2.26. The van der Waals surface area contributed by atoms with Crippen LogP contribution in [0.5, 0.6) is 0 Å². The first kappa shape index (κ1) is 11.6. The molecule has 1 unspecified atom stereocenters. The first-order valence-corrected chi connectivity index (χ1v) is 6.07. The van der Waals surface area contributed by atoms with Gasteiger partial charge >= 0.3 is 0 Å². The number of aryl methyl sites for hydroxylation is 2. The number of nitrogens with one attached hydrogen (secondary N) is 1. The van der Waals surface area contributed by atoms with E-state index in [4.69, 9.17) is 4.74 Å². The van der Waals surface area contributed by atoms with E-state index in [0.29, 0.717) is 0 Å². The molecule has 1 fully saturated rings. The first-order valence-electron chi connectivity index (χ1n) is 6.07. The normalized spacial score (nSPS) is 25.6. The van der Waals surface area contributed by atoms with Crippen LogP contribution < -0.4 is 5.32 Å². The molecule has 0 saturated carbocycles. The number of morpholine rings is 1. The van der Waals surface area contributed by atoms with Crippen LogP contribution >= 0.6 is 0 Å². The van der Waals surface area contributed by atoms with Gasteiger partial charge in [0.05, 0.1) is 13.2 Å². The van der Waals surface area contributed by atoms with Crippen molar-refractivity contribution in [3.8, 4) is 0 Å². The third kappa shape index (κ3) is 2.83. The molecule has 2 heteroatoms. The molecule has 1 heterocycles. The summed E-state index contributed by atoms with van der Waals surface area (Å²) in [6, 6.07) is 8.63. The van der Waals surface area contributed by atoms with E-state index in [1.54, 1.807) is 0 Å². The van der Waals surface area contributed by atoms with Gasteiger partial charge in [-0.05, 0) is 37.8 Å². The van der Waals surface area contributed by atoms with Gasteiger partial charge in [0.25, 0.3) is 0 Å². The monoisotopic (exact) mass is 219 g/mol. The van der Waals surface area contributed by atoms with Gasteiger partial charge in [0.15, 0.2) is 0 Å². The van der Waals surface area contributed by atoms with Crippen LogP contribution in [0.3, 0.4) is 0 Å². The Labute approximate surface area is 98.0 Å². The molecule has 0 radical (unpaired) electrons. The predicted molar refractivity (Wildman–Crippen MR) is 66.7 cm³/mol. The average Bonchev–Trinajstić information content (AvgIpc) is 2.29. The molecule has 1 N–H and O–H groups in total. The van der Waals surface area contributed by atoms with Crippen LogP contribution in [0.25, 0.3) is 0 Å². The van der Waals surface area contributed by atoms with E-state index >= 15 is 0 Å². The van der Waals surface area contributed by atoms with Gasteiger partial charge in [0.2, 0.25) is 0 Å². The van der Waals surface area contributed by atoms with Gasteiger partial charge < -0.3 is 10.1 Å². The fourth-order valence-electron chi connectivity index (χ4n) is 2.24. The molecule has 2 nitrogen and oxygen atoms in total. The summed E-state index contributed by atoms with van der Waals surface area (Å²) in [4.78, 5) is 0. The van der Waals surface area contributed by atoms with Gasteiger partial charge in [0.1, 0.15) is 0 Å². The Morgan fingerprint density at radius 1 is 1.38 bits per heavy atom. The van der Waals surface area contributed by atoms with E-state index in [1.165, 1.54) is 11.1 Å². The van der Waals surface area contributed by atoms with Crippen LogP contribution in [0.2, 0.25) is 0 Å². The van der Waals surface area contributed by atoms with E-state index < -0.39 is 0 Å². The third-order valence-electron chi connectivity index (χ3n) is 3.43. The highest BCUT2D eigenvalue weighted by Crippen LogP contribution is 2.18. The molecular formula is C14H21NO. The van der Waals surface area contributed by atoms with E-state index in [1.807, 2.05) is 0 Å². The molecule has 0 bridgehead atoms. The Balaban J connectivity index is 1.94. The molecule has 1 aliphatic rings. The maximum absolute atomic E-state index is 5.54. The molecule has 0 aromatic heterocycles. The molecule has 2 rings (SSSR count). The minimum atomic E-state index is 0.153. The zero-order valence-corrected chi connectivity index (χ0v) is 10.3. The average molecular weight is 219 g/mol. The van der Waals surface area contributed by atoms with Crippen LogP contribution in [-0.2, 0) is 11.2 Å². The highest BCUT2D eigenvalue weighted by molar-refractivity contribution is 5.25. The Kier molecular flexibility index (Phi) is 3.62. The van der Waals surface area contributed by atoms with E-state index in [0.717, 1.165) is 32.6 Å². The second-order valence-electron chi connectivity index (χ2n) is 4.97. The summed E-state index contributed by atoms with van der Waals surface area (Å²) in [5.74, 6) is 0.